The zero-order chi connectivity index (χ0) is 22.1. The maximum atomic E-state index is 14.8. The number of alkyl halides is 6. The van der Waals surface area contributed by atoms with E-state index in [4.69, 9.17) is 11.8 Å². The zero-order valence-corrected chi connectivity index (χ0v) is 15.7. The number of aromatic nitrogens is 2. The topological polar surface area (TPSA) is 38.0 Å². The maximum Gasteiger partial charge on any atom is 0.380 e. The molecule has 4 nitrogen and oxygen atoms in total. The molecule has 0 amide bonds. The summed E-state index contributed by atoms with van der Waals surface area (Å²) < 4.78 is 90.2. The van der Waals surface area contributed by atoms with E-state index in [0.717, 1.165) is 21.3 Å². The molecule has 0 saturated carbocycles. The van der Waals surface area contributed by atoms with E-state index < -0.39 is 40.0 Å². The highest BCUT2D eigenvalue weighted by molar-refractivity contribution is 6.02. The normalized spacial score (nSPS) is 19.3. The number of nitrogens with zero attached hydrogens (tertiary/aromatic N) is 4. The minimum absolute atomic E-state index is 0.0363. The number of nitriles is 1. The second kappa shape index (κ2) is 5.93. The summed E-state index contributed by atoms with van der Waals surface area (Å²) in [6.07, 6.45) is 0. The molecule has 2 aromatic heterocycles. The molecule has 0 N–H and O–H groups in total. The van der Waals surface area contributed by atoms with Gasteiger partial charge >= 0.3 is 17.8 Å². The van der Waals surface area contributed by atoms with Crippen molar-refractivity contribution in [3.8, 4) is 6.07 Å². The van der Waals surface area contributed by atoms with Gasteiger partial charge in [-0.1, -0.05) is 6.57 Å². The number of hydrogen-bond donors (Lipinski definition) is 0. The molecule has 0 aliphatic heterocycles. The fourth-order valence-electron chi connectivity index (χ4n) is 3.54. The van der Waals surface area contributed by atoms with Crippen molar-refractivity contribution in [3.63, 3.8) is 0 Å². The second-order valence-electron chi connectivity index (χ2n) is 6.85. The summed E-state index contributed by atoms with van der Waals surface area (Å²) >= 11 is 0. The molecule has 0 fully saturated rings. The van der Waals surface area contributed by atoms with Gasteiger partial charge in [0.05, 0.1) is 12.7 Å². The number of allylic oxidation sites excluding steroid dienone is 2. The zero-order valence-electron chi connectivity index (χ0n) is 15.7. The summed E-state index contributed by atoms with van der Waals surface area (Å²) in [7, 11) is 2.68. The molecule has 29 heavy (non-hydrogen) atoms. The van der Waals surface area contributed by atoms with Gasteiger partial charge in [0, 0.05) is 35.0 Å². The van der Waals surface area contributed by atoms with E-state index in [1.807, 2.05) is 0 Å². The average Bonchev–Trinajstić information content (AvgIpc) is 3.12. The Kier molecular flexibility index (Phi) is 4.21. The quantitative estimate of drug-likeness (QED) is 0.492. The van der Waals surface area contributed by atoms with Crippen molar-refractivity contribution in [2.24, 2.45) is 14.1 Å². The highest BCUT2D eigenvalue weighted by Gasteiger charge is 2.80. The Labute approximate surface area is 162 Å². The fraction of sp³-hybridized carbons (Fsp3) is 0.368. The van der Waals surface area contributed by atoms with E-state index >= 15 is 0 Å². The minimum Gasteiger partial charge on any atom is -0.364 e. The average molecular weight is 412 g/mol. The molecule has 1 aliphatic carbocycles. The van der Waals surface area contributed by atoms with Crippen molar-refractivity contribution in [2.75, 3.05) is 0 Å². The van der Waals surface area contributed by atoms with Gasteiger partial charge in [-0.25, -0.2) is 0 Å². The third-order valence-electron chi connectivity index (χ3n) is 5.48. The molecule has 0 unspecified atom stereocenters. The Balaban J connectivity index is 2.53. The van der Waals surface area contributed by atoms with Crippen molar-refractivity contribution < 1.29 is 26.3 Å². The predicted molar refractivity (Wildman–Crippen MR) is 92.9 cm³/mol. The van der Waals surface area contributed by atoms with Crippen LogP contribution in [0.25, 0.3) is 16.0 Å². The van der Waals surface area contributed by atoms with E-state index in [1.165, 1.54) is 27.9 Å². The van der Waals surface area contributed by atoms with Gasteiger partial charge in [0.1, 0.15) is 11.8 Å². The molecular formula is C19H14F6N4. The first-order valence-corrected chi connectivity index (χ1v) is 8.25. The molecule has 152 valence electrons. The summed E-state index contributed by atoms with van der Waals surface area (Å²) in [5.74, 6) is -16.3. The van der Waals surface area contributed by atoms with Crippen molar-refractivity contribution in [1.82, 2.24) is 9.13 Å². The lowest BCUT2D eigenvalue weighted by Gasteiger charge is -2.25. The standard InChI is InChI=1S/C19H14F6N4/c1-9-12(6-11(8-26)28(9)4)15-16(13-7-14(27-3)29(5)10(13)2)18(22,23)19(24,25)17(15,20)21/h6-7H,1-2,4-5H3. The Morgan fingerprint density at radius 2 is 1.34 bits per heavy atom. The van der Waals surface area contributed by atoms with E-state index in [0.29, 0.717) is 0 Å². The van der Waals surface area contributed by atoms with E-state index in [-0.39, 0.29) is 22.9 Å². The third kappa shape index (κ3) is 2.32. The molecule has 0 atom stereocenters. The smallest absolute Gasteiger partial charge is 0.364 e. The van der Waals surface area contributed by atoms with Gasteiger partial charge < -0.3 is 9.41 Å². The number of rotatable bonds is 2. The van der Waals surface area contributed by atoms with Crippen LogP contribution in [0.4, 0.5) is 32.2 Å². The van der Waals surface area contributed by atoms with Crippen LogP contribution in [0, 0.1) is 31.8 Å². The molecule has 1 aliphatic rings. The molecule has 10 heteroatoms. The summed E-state index contributed by atoms with van der Waals surface area (Å²) in [6.45, 7) is 9.64. The van der Waals surface area contributed by atoms with Gasteiger partial charge in [0.25, 0.3) is 0 Å². The van der Waals surface area contributed by atoms with Crippen LogP contribution in [0.2, 0.25) is 0 Å². The summed E-state index contributed by atoms with van der Waals surface area (Å²) in [5.41, 5.74) is -4.41. The molecule has 0 saturated heterocycles. The van der Waals surface area contributed by atoms with Gasteiger partial charge in [-0.15, -0.1) is 0 Å². The van der Waals surface area contributed by atoms with Gasteiger partial charge in [-0.3, -0.25) is 4.57 Å². The maximum absolute atomic E-state index is 14.8. The lowest BCUT2D eigenvalue weighted by atomic mass is 9.95. The summed E-state index contributed by atoms with van der Waals surface area (Å²) in [5, 5.41) is 9.13. The van der Waals surface area contributed by atoms with E-state index in [1.54, 1.807) is 6.07 Å². The molecule has 0 bridgehead atoms. The predicted octanol–water partition coefficient (Wildman–Crippen LogP) is 5.23. The molecule has 3 rings (SSSR count). The van der Waals surface area contributed by atoms with Gasteiger partial charge in [0.2, 0.25) is 5.82 Å². The van der Waals surface area contributed by atoms with Crippen LogP contribution < -0.4 is 0 Å². The largest absolute Gasteiger partial charge is 0.380 e. The SMILES string of the molecule is [C-]#[N+]c1cc(C2=C(c3cc(C#N)n(C)c3C)C(F)(F)C(F)(F)C2(F)F)c(C)n1C. The summed E-state index contributed by atoms with van der Waals surface area (Å²) in [6, 6.07) is 3.50. The number of hydrogen-bond acceptors (Lipinski definition) is 1. The van der Waals surface area contributed by atoms with Crippen LogP contribution in [0.1, 0.15) is 28.2 Å². The first-order valence-electron chi connectivity index (χ1n) is 8.25. The van der Waals surface area contributed by atoms with Gasteiger partial charge in [0.15, 0.2) is 0 Å². The summed E-state index contributed by atoms with van der Waals surface area (Å²) in [4.78, 5) is 3.11. The highest BCUT2D eigenvalue weighted by atomic mass is 19.3. The van der Waals surface area contributed by atoms with Crippen molar-refractivity contribution in [1.29, 1.82) is 5.26 Å². The Morgan fingerprint density at radius 3 is 1.72 bits per heavy atom. The Morgan fingerprint density at radius 1 is 0.897 bits per heavy atom. The van der Waals surface area contributed by atoms with Crippen molar-refractivity contribution >= 4 is 17.0 Å². The van der Waals surface area contributed by atoms with Gasteiger partial charge in [-0.2, -0.15) is 31.6 Å². The van der Waals surface area contributed by atoms with Crippen molar-refractivity contribution in [3.05, 3.63) is 51.8 Å². The number of halogens is 6. The van der Waals surface area contributed by atoms with Crippen LogP contribution in [0.15, 0.2) is 12.1 Å². The Bertz CT molecular complexity index is 1060. The van der Waals surface area contributed by atoms with Crippen LogP contribution in [-0.4, -0.2) is 26.9 Å². The van der Waals surface area contributed by atoms with Crippen LogP contribution >= 0.6 is 0 Å². The lowest BCUT2D eigenvalue weighted by molar-refractivity contribution is -0.254. The van der Waals surface area contributed by atoms with Crippen molar-refractivity contribution in [2.45, 2.75) is 31.6 Å². The van der Waals surface area contributed by atoms with Crippen LogP contribution in [0.3, 0.4) is 0 Å². The monoisotopic (exact) mass is 412 g/mol. The minimum atomic E-state index is -5.69. The molecule has 2 heterocycles. The highest BCUT2D eigenvalue weighted by Crippen LogP contribution is 2.65. The van der Waals surface area contributed by atoms with Crippen LogP contribution in [-0.2, 0) is 14.1 Å². The lowest BCUT2D eigenvalue weighted by Crippen LogP contribution is -2.49. The van der Waals surface area contributed by atoms with Gasteiger partial charge in [-0.05, 0) is 26.0 Å². The van der Waals surface area contributed by atoms with E-state index in [2.05, 4.69) is 4.85 Å². The molecule has 2 aromatic rings. The van der Waals surface area contributed by atoms with E-state index in [9.17, 15) is 26.3 Å². The molecular weight excluding hydrogens is 398 g/mol. The first kappa shape index (κ1) is 20.6. The van der Waals surface area contributed by atoms with Crippen LogP contribution in [0.5, 0.6) is 0 Å². The fourth-order valence-corrected chi connectivity index (χ4v) is 3.54. The molecule has 0 aromatic carbocycles. The Hall–Kier alpha value is -3.14. The first-order chi connectivity index (χ1) is 13.3. The third-order valence-corrected chi connectivity index (χ3v) is 5.48. The second-order valence-corrected chi connectivity index (χ2v) is 6.85. The molecule has 0 radical (unpaired) electrons. The molecule has 0 spiro atoms.